The van der Waals surface area contributed by atoms with Crippen LogP contribution in [0.15, 0.2) is 60.7 Å². The third-order valence-electron chi connectivity index (χ3n) is 4.81. The fourth-order valence-electron chi connectivity index (χ4n) is 3.66. The van der Waals surface area contributed by atoms with Gasteiger partial charge < -0.3 is 10.0 Å². The second kappa shape index (κ2) is 6.55. The molecular weight excluding hydrogens is 286 g/mol. The van der Waals surface area contributed by atoms with Crippen molar-refractivity contribution in [2.75, 3.05) is 13.1 Å². The monoisotopic (exact) mass is 309 g/mol. The van der Waals surface area contributed by atoms with Gasteiger partial charge in [-0.1, -0.05) is 60.7 Å². The van der Waals surface area contributed by atoms with Crippen molar-refractivity contribution >= 4 is 5.91 Å². The molecule has 0 aliphatic carbocycles. The molecule has 3 heteroatoms. The van der Waals surface area contributed by atoms with Crippen LogP contribution in [0.25, 0.3) is 0 Å². The number of carbonyl (C=O) groups excluding carboxylic acids is 1. The molecule has 1 saturated heterocycles. The first-order valence-electron chi connectivity index (χ1n) is 8.21. The zero-order valence-electron chi connectivity index (χ0n) is 13.5. The minimum atomic E-state index is -0.947. The zero-order chi connectivity index (χ0) is 16.3. The van der Waals surface area contributed by atoms with Gasteiger partial charge in [-0.25, -0.2) is 0 Å². The zero-order valence-corrected chi connectivity index (χ0v) is 13.5. The number of nitrogens with zero attached hydrogens (tertiary/aromatic N) is 1. The Hall–Kier alpha value is -2.13. The molecule has 1 amide bonds. The van der Waals surface area contributed by atoms with Crippen molar-refractivity contribution in [3.8, 4) is 0 Å². The van der Waals surface area contributed by atoms with Gasteiger partial charge in [0.25, 0.3) is 5.91 Å². The Morgan fingerprint density at radius 1 is 1.04 bits per heavy atom. The first-order chi connectivity index (χ1) is 11.1. The number of hydrogen-bond acceptors (Lipinski definition) is 2. The van der Waals surface area contributed by atoms with Crippen molar-refractivity contribution in [1.29, 1.82) is 0 Å². The average molecular weight is 309 g/mol. The minimum Gasteiger partial charge on any atom is -0.384 e. The van der Waals surface area contributed by atoms with E-state index in [1.54, 1.807) is 6.92 Å². The molecule has 1 N–H and O–H groups in total. The molecular formula is C20H23NO2. The van der Waals surface area contributed by atoms with Crippen LogP contribution in [0.2, 0.25) is 0 Å². The predicted octanol–water partition coefficient (Wildman–Crippen LogP) is 2.98. The molecule has 1 heterocycles. The summed E-state index contributed by atoms with van der Waals surface area (Å²) in [6, 6.07) is 20.8. The van der Waals surface area contributed by atoms with Gasteiger partial charge >= 0.3 is 0 Å². The smallest absolute Gasteiger partial charge is 0.251 e. The summed E-state index contributed by atoms with van der Waals surface area (Å²) in [5, 5.41) is 9.69. The second-order valence-corrected chi connectivity index (χ2v) is 6.35. The number of rotatable bonds is 3. The lowest BCUT2D eigenvalue weighted by atomic mass is 9.69. The molecule has 1 aliphatic rings. The molecule has 0 bridgehead atoms. The van der Waals surface area contributed by atoms with Gasteiger partial charge in [-0.05, 0) is 30.9 Å². The largest absolute Gasteiger partial charge is 0.384 e. The molecule has 1 fully saturated rings. The highest BCUT2D eigenvalue weighted by Gasteiger charge is 2.40. The van der Waals surface area contributed by atoms with Gasteiger partial charge in [-0.15, -0.1) is 0 Å². The second-order valence-electron chi connectivity index (χ2n) is 6.35. The number of likely N-dealkylation sites (tertiary alicyclic amines) is 1. The number of hydrogen-bond donors (Lipinski definition) is 1. The average Bonchev–Trinajstić information content (AvgIpc) is 2.62. The fourth-order valence-corrected chi connectivity index (χ4v) is 3.66. The van der Waals surface area contributed by atoms with Crippen LogP contribution in [0.3, 0.4) is 0 Å². The number of amides is 1. The summed E-state index contributed by atoms with van der Waals surface area (Å²) in [4.78, 5) is 14.1. The Labute approximate surface area is 137 Å². The normalized spacial score (nSPS) is 18.4. The van der Waals surface area contributed by atoms with E-state index in [9.17, 15) is 9.90 Å². The van der Waals surface area contributed by atoms with Crippen LogP contribution in [0, 0.1) is 0 Å². The van der Waals surface area contributed by atoms with E-state index in [0.717, 1.165) is 12.8 Å². The van der Waals surface area contributed by atoms with E-state index in [4.69, 9.17) is 0 Å². The van der Waals surface area contributed by atoms with E-state index >= 15 is 0 Å². The molecule has 120 valence electrons. The quantitative estimate of drug-likeness (QED) is 0.947. The van der Waals surface area contributed by atoms with E-state index in [2.05, 4.69) is 48.5 Å². The van der Waals surface area contributed by atoms with Crippen LogP contribution < -0.4 is 0 Å². The number of carbonyl (C=O) groups is 1. The highest BCUT2D eigenvalue weighted by atomic mass is 16.3. The van der Waals surface area contributed by atoms with Crippen molar-refractivity contribution in [1.82, 2.24) is 4.90 Å². The number of aliphatic hydroxyl groups is 1. The predicted molar refractivity (Wildman–Crippen MR) is 91.2 cm³/mol. The molecule has 0 radical (unpaired) electrons. The van der Waals surface area contributed by atoms with Gasteiger partial charge in [-0.3, -0.25) is 4.79 Å². The SMILES string of the molecule is CC(O)C(=O)N1CCCC(c2ccccc2)(c2ccccc2)C1. The minimum absolute atomic E-state index is 0.180. The van der Waals surface area contributed by atoms with Gasteiger partial charge in [0, 0.05) is 18.5 Å². The summed E-state index contributed by atoms with van der Waals surface area (Å²) in [6.07, 6.45) is 0.990. The van der Waals surface area contributed by atoms with Crippen LogP contribution in [0.5, 0.6) is 0 Å². The summed E-state index contributed by atoms with van der Waals surface area (Å²) >= 11 is 0. The maximum Gasteiger partial charge on any atom is 0.251 e. The van der Waals surface area contributed by atoms with Gasteiger partial charge in [-0.2, -0.15) is 0 Å². The van der Waals surface area contributed by atoms with Crippen LogP contribution in [-0.2, 0) is 10.2 Å². The highest BCUT2D eigenvalue weighted by Crippen LogP contribution is 2.40. The number of aliphatic hydroxyl groups excluding tert-OH is 1. The van der Waals surface area contributed by atoms with Crippen molar-refractivity contribution in [3.63, 3.8) is 0 Å². The van der Waals surface area contributed by atoms with Crippen LogP contribution >= 0.6 is 0 Å². The van der Waals surface area contributed by atoms with Crippen molar-refractivity contribution in [2.24, 2.45) is 0 Å². The summed E-state index contributed by atoms with van der Waals surface area (Å²) < 4.78 is 0. The first-order valence-corrected chi connectivity index (χ1v) is 8.21. The van der Waals surface area contributed by atoms with Crippen LogP contribution in [-0.4, -0.2) is 35.1 Å². The summed E-state index contributed by atoms with van der Waals surface area (Å²) in [5.74, 6) is -0.180. The lowest BCUT2D eigenvalue weighted by Gasteiger charge is -2.44. The lowest BCUT2D eigenvalue weighted by Crippen LogP contribution is -2.51. The fraction of sp³-hybridized carbons (Fsp3) is 0.350. The molecule has 3 rings (SSSR count). The van der Waals surface area contributed by atoms with E-state index in [-0.39, 0.29) is 11.3 Å². The van der Waals surface area contributed by atoms with E-state index in [0.29, 0.717) is 13.1 Å². The number of piperidine rings is 1. The Kier molecular flexibility index (Phi) is 4.49. The van der Waals surface area contributed by atoms with Gasteiger partial charge in [0.1, 0.15) is 6.10 Å². The first kappa shape index (κ1) is 15.8. The van der Waals surface area contributed by atoms with Gasteiger partial charge in [0.05, 0.1) is 0 Å². The van der Waals surface area contributed by atoms with E-state index in [1.807, 2.05) is 17.0 Å². The summed E-state index contributed by atoms with van der Waals surface area (Å²) in [7, 11) is 0. The third kappa shape index (κ3) is 3.02. The maximum atomic E-state index is 12.3. The molecule has 1 aliphatic heterocycles. The van der Waals surface area contributed by atoms with Gasteiger partial charge in [0.15, 0.2) is 0 Å². The summed E-state index contributed by atoms with van der Waals surface area (Å²) in [6.45, 7) is 2.87. The lowest BCUT2D eigenvalue weighted by molar-refractivity contribution is -0.141. The van der Waals surface area contributed by atoms with E-state index in [1.165, 1.54) is 11.1 Å². The Bertz CT molecular complexity index is 612. The van der Waals surface area contributed by atoms with Gasteiger partial charge in [0.2, 0.25) is 0 Å². The molecule has 2 aromatic rings. The Morgan fingerprint density at radius 2 is 1.57 bits per heavy atom. The van der Waals surface area contributed by atoms with Crippen molar-refractivity contribution in [2.45, 2.75) is 31.3 Å². The third-order valence-corrected chi connectivity index (χ3v) is 4.81. The standard InChI is InChI=1S/C20H23NO2/c1-16(22)19(23)21-14-8-13-20(15-21,17-9-4-2-5-10-17)18-11-6-3-7-12-18/h2-7,9-12,16,22H,8,13-15H2,1H3. The molecule has 0 aromatic heterocycles. The van der Waals surface area contributed by atoms with E-state index < -0.39 is 6.10 Å². The Balaban J connectivity index is 2.05. The topological polar surface area (TPSA) is 40.5 Å². The maximum absolute atomic E-state index is 12.3. The molecule has 3 nitrogen and oxygen atoms in total. The molecule has 1 unspecified atom stereocenters. The molecule has 0 spiro atoms. The van der Waals surface area contributed by atoms with Crippen LogP contribution in [0.4, 0.5) is 0 Å². The Morgan fingerprint density at radius 3 is 2.04 bits per heavy atom. The van der Waals surface area contributed by atoms with Crippen molar-refractivity contribution in [3.05, 3.63) is 71.8 Å². The van der Waals surface area contributed by atoms with Crippen LogP contribution in [0.1, 0.15) is 30.9 Å². The molecule has 2 aromatic carbocycles. The molecule has 1 atom stereocenters. The molecule has 0 saturated carbocycles. The number of benzene rings is 2. The highest BCUT2D eigenvalue weighted by molar-refractivity contribution is 5.80. The summed E-state index contributed by atoms with van der Waals surface area (Å²) in [5.41, 5.74) is 2.26. The van der Waals surface area contributed by atoms with Crippen molar-refractivity contribution < 1.29 is 9.90 Å². The molecule has 23 heavy (non-hydrogen) atoms.